The lowest BCUT2D eigenvalue weighted by Crippen LogP contribution is -2.38. The third kappa shape index (κ3) is 5.40. The Labute approximate surface area is 193 Å². The standard InChI is InChI=1S/C23H28N2O5S2/c1-29-21(26)14-16-3-4-20-19(13-16)22(23-18(15-30-20)7-12-31-23)17-5-9-25(10-6-17)11-8-24-32(2,27)28/h3-4,7,12-13,24H,5-6,8-11,14-15H2,1-2H3. The van der Waals surface area contributed by atoms with E-state index in [-0.39, 0.29) is 12.4 Å². The van der Waals surface area contributed by atoms with Crippen molar-refractivity contribution in [1.29, 1.82) is 0 Å². The third-order valence-corrected chi connectivity index (χ3v) is 7.55. The van der Waals surface area contributed by atoms with Crippen molar-refractivity contribution in [3.63, 3.8) is 0 Å². The van der Waals surface area contributed by atoms with Crippen LogP contribution in [0.15, 0.2) is 35.2 Å². The van der Waals surface area contributed by atoms with E-state index >= 15 is 0 Å². The van der Waals surface area contributed by atoms with Gasteiger partial charge in [-0.2, -0.15) is 0 Å². The van der Waals surface area contributed by atoms with Crippen molar-refractivity contribution in [1.82, 2.24) is 9.62 Å². The average molecular weight is 477 g/mol. The van der Waals surface area contributed by atoms with E-state index < -0.39 is 10.0 Å². The lowest BCUT2D eigenvalue weighted by atomic mass is 9.90. The number of fused-ring (bicyclic) bond motifs is 2. The van der Waals surface area contributed by atoms with Crippen molar-refractivity contribution < 1.29 is 22.7 Å². The van der Waals surface area contributed by atoms with E-state index in [2.05, 4.69) is 27.1 Å². The number of carbonyl (C=O) groups is 1. The lowest BCUT2D eigenvalue weighted by Gasteiger charge is -2.30. The molecule has 0 unspecified atom stereocenters. The second-order valence-corrected chi connectivity index (χ2v) is 10.9. The molecule has 0 bridgehead atoms. The van der Waals surface area contributed by atoms with Crippen LogP contribution in [0, 0.1) is 0 Å². The largest absolute Gasteiger partial charge is 0.488 e. The fourth-order valence-electron chi connectivity index (χ4n) is 4.23. The second kappa shape index (κ2) is 9.74. The van der Waals surface area contributed by atoms with Crippen LogP contribution in [0.5, 0.6) is 5.75 Å². The number of esters is 1. The Morgan fingerprint density at radius 3 is 2.75 bits per heavy atom. The number of carbonyl (C=O) groups excluding carboxylic acids is 1. The first-order valence-corrected chi connectivity index (χ1v) is 13.4. The van der Waals surface area contributed by atoms with Crippen LogP contribution in [-0.4, -0.2) is 58.8 Å². The molecule has 0 saturated carbocycles. The zero-order chi connectivity index (χ0) is 22.7. The molecule has 0 radical (unpaired) electrons. The number of likely N-dealkylation sites (tertiary alicyclic amines) is 1. The first kappa shape index (κ1) is 23.0. The number of sulfonamides is 1. The number of nitrogens with zero attached hydrogens (tertiary/aromatic N) is 1. The summed E-state index contributed by atoms with van der Waals surface area (Å²) in [5.74, 6) is 0.575. The molecule has 2 aliphatic heterocycles. The van der Waals surface area contributed by atoms with Gasteiger partial charge in [0.15, 0.2) is 0 Å². The Morgan fingerprint density at radius 1 is 1.25 bits per heavy atom. The van der Waals surface area contributed by atoms with Gasteiger partial charge in [0, 0.05) is 47.8 Å². The van der Waals surface area contributed by atoms with E-state index in [0.717, 1.165) is 42.8 Å². The molecule has 32 heavy (non-hydrogen) atoms. The lowest BCUT2D eigenvalue weighted by molar-refractivity contribution is -0.139. The fraction of sp³-hybridized carbons (Fsp3) is 0.435. The number of piperidine rings is 1. The summed E-state index contributed by atoms with van der Waals surface area (Å²) < 4.78 is 36.2. The van der Waals surface area contributed by atoms with Gasteiger partial charge in [0.25, 0.3) is 0 Å². The minimum absolute atomic E-state index is 0.227. The molecule has 2 aromatic rings. The van der Waals surface area contributed by atoms with Gasteiger partial charge in [-0.15, -0.1) is 11.3 Å². The number of hydrogen-bond donors (Lipinski definition) is 1. The summed E-state index contributed by atoms with van der Waals surface area (Å²) in [4.78, 5) is 15.4. The summed E-state index contributed by atoms with van der Waals surface area (Å²) in [6.45, 7) is 3.41. The maximum atomic E-state index is 11.8. The Kier molecular flexibility index (Phi) is 6.99. The van der Waals surface area contributed by atoms with E-state index in [1.165, 1.54) is 35.0 Å². The molecule has 9 heteroatoms. The number of thiophene rings is 1. The molecule has 0 aliphatic carbocycles. The Bertz CT molecular complexity index is 1130. The maximum absolute atomic E-state index is 11.8. The number of methoxy groups -OCH3 is 1. The first-order valence-electron chi connectivity index (χ1n) is 10.6. The topological polar surface area (TPSA) is 84.9 Å². The Balaban J connectivity index is 1.61. The number of ether oxygens (including phenoxy) is 2. The predicted octanol–water partition coefficient (Wildman–Crippen LogP) is 2.80. The number of benzene rings is 1. The molecule has 0 atom stereocenters. The highest BCUT2D eigenvalue weighted by Gasteiger charge is 2.26. The zero-order valence-corrected chi connectivity index (χ0v) is 20.0. The molecule has 1 saturated heterocycles. The molecule has 2 aliphatic rings. The summed E-state index contributed by atoms with van der Waals surface area (Å²) in [7, 11) is -1.76. The number of rotatable bonds is 6. The summed E-state index contributed by atoms with van der Waals surface area (Å²) in [6.07, 6.45) is 3.23. The Morgan fingerprint density at radius 2 is 2.03 bits per heavy atom. The van der Waals surface area contributed by atoms with Crippen LogP contribution in [0.3, 0.4) is 0 Å². The normalized spacial score (nSPS) is 16.7. The SMILES string of the molecule is COC(=O)Cc1ccc2c(c1)C(=C1CCN(CCNS(C)(=O)=O)CC1)c1sccc1CO2. The van der Waals surface area contributed by atoms with Gasteiger partial charge in [-0.1, -0.05) is 11.6 Å². The van der Waals surface area contributed by atoms with Gasteiger partial charge in [0.2, 0.25) is 10.0 Å². The van der Waals surface area contributed by atoms with Crippen LogP contribution in [0.25, 0.3) is 5.57 Å². The van der Waals surface area contributed by atoms with Crippen LogP contribution < -0.4 is 9.46 Å². The van der Waals surface area contributed by atoms with Crippen molar-refractivity contribution in [3.8, 4) is 5.75 Å². The van der Waals surface area contributed by atoms with Gasteiger partial charge in [0.1, 0.15) is 12.4 Å². The molecular formula is C23H28N2O5S2. The number of nitrogens with one attached hydrogen (secondary N) is 1. The minimum Gasteiger partial charge on any atom is -0.488 e. The van der Waals surface area contributed by atoms with Crippen molar-refractivity contribution in [3.05, 3.63) is 56.8 Å². The smallest absolute Gasteiger partial charge is 0.309 e. The van der Waals surface area contributed by atoms with Gasteiger partial charge < -0.3 is 14.4 Å². The molecule has 172 valence electrons. The summed E-state index contributed by atoms with van der Waals surface area (Å²) >= 11 is 1.73. The van der Waals surface area contributed by atoms with E-state index in [0.29, 0.717) is 19.7 Å². The maximum Gasteiger partial charge on any atom is 0.309 e. The van der Waals surface area contributed by atoms with Gasteiger partial charge in [-0.05, 0) is 42.0 Å². The highest BCUT2D eigenvalue weighted by molar-refractivity contribution is 7.88. The van der Waals surface area contributed by atoms with Crippen LogP contribution in [0.4, 0.5) is 0 Å². The predicted molar refractivity (Wildman–Crippen MR) is 125 cm³/mol. The Hall–Kier alpha value is -2.20. The molecule has 7 nitrogen and oxygen atoms in total. The second-order valence-electron chi connectivity index (χ2n) is 8.13. The molecule has 1 N–H and O–H groups in total. The fourth-order valence-corrected chi connectivity index (χ4v) is 5.71. The highest BCUT2D eigenvalue weighted by Crippen LogP contribution is 2.43. The van der Waals surface area contributed by atoms with E-state index in [9.17, 15) is 13.2 Å². The average Bonchev–Trinajstić information content (AvgIpc) is 3.16. The van der Waals surface area contributed by atoms with Crippen LogP contribution in [0.1, 0.15) is 34.4 Å². The molecule has 0 spiro atoms. The molecule has 3 heterocycles. The van der Waals surface area contributed by atoms with Crippen LogP contribution in [-0.2, 0) is 32.6 Å². The van der Waals surface area contributed by atoms with Crippen molar-refractivity contribution in [2.75, 3.05) is 39.5 Å². The van der Waals surface area contributed by atoms with Gasteiger partial charge in [-0.3, -0.25) is 4.79 Å². The molecule has 1 fully saturated rings. The van der Waals surface area contributed by atoms with E-state index in [1.54, 1.807) is 11.3 Å². The quantitative estimate of drug-likeness (QED) is 0.646. The highest BCUT2D eigenvalue weighted by atomic mass is 32.2. The molecule has 0 amide bonds. The van der Waals surface area contributed by atoms with Crippen LogP contribution in [0.2, 0.25) is 0 Å². The summed E-state index contributed by atoms with van der Waals surface area (Å²) in [5, 5.41) is 2.10. The van der Waals surface area contributed by atoms with Gasteiger partial charge in [0.05, 0.1) is 19.8 Å². The summed E-state index contributed by atoms with van der Waals surface area (Å²) in [6, 6.07) is 8.06. The molecule has 1 aromatic heterocycles. The van der Waals surface area contributed by atoms with Gasteiger partial charge >= 0.3 is 5.97 Å². The molecule has 1 aromatic carbocycles. The van der Waals surface area contributed by atoms with Gasteiger partial charge in [-0.25, -0.2) is 13.1 Å². The third-order valence-electron chi connectivity index (χ3n) is 5.85. The summed E-state index contributed by atoms with van der Waals surface area (Å²) in [5.41, 5.74) is 5.73. The van der Waals surface area contributed by atoms with Crippen molar-refractivity contribution >= 4 is 32.9 Å². The van der Waals surface area contributed by atoms with E-state index in [4.69, 9.17) is 9.47 Å². The number of hydrogen-bond acceptors (Lipinski definition) is 7. The van der Waals surface area contributed by atoms with Crippen LogP contribution >= 0.6 is 11.3 Å². The minimum atomic E-state index is -3.16. The zero-order valence-electron chi connectivity index (χ0n) is 18.3. The van der Waals surface area contributed by atoms with E-state index in [1.807, 2.05) is 12.1 Å². The monoisotopic (exact) mass is 476 g/mol. The first-order chi connectivity index (χ1) is 15.3. The molecule has 4 rings (SSSR count). The van der Waals surface area contributed by atoms with Crippen molar-refractivity contribution in [2.24, 2.45) is 0 Å². The van der Waals surface area contributed by atoms with Crippen molar-refractivity contribution in [2.45, 2.75) is 25.9 Å². The molecular weight excluding hydrogens is 448 g/mol.